The standard InChI is InChI=1S/C23H20Cl2F4N2OS/c1-2-20(32)30-18-5-3-4-12-8-13(6-7-15(12)18)19-11-22(33-31-19,23(27,28)29)14-9-16(24)21(26)17(25)10-14/h6-10,18H,2-5,11H2,1H3,(H,30,32). The number of alkyl halides is 3. The maximum absolute atomic E-state index is 14.3. The minimum atomic E-state index is -4.68. The lowest BCUT2D eigenvalue weighted by atomic mass is 9.84. The molecule has 4 rings (SSSR count). The number of amides is 1. The molecule has 1 N–H and O–H groups in total. The van der Waals surface area contributed by atoms with Crippen LogP contribution < -0.4 is 5.32 Å². The number of nitrogens with zero attached hydrogens (tertiary/aromatic N) is 1. The van der Waals surface area contributed by atoms with Gasteiger partial charge in [-0.15, -0.1) is 0 Å². The number of hydrogen-bond acceptors (Lipinski definition) is 3. The summed E-state index contributed by atoms with van der Waals surface area (Å²) >= 11 is 12.0. The molecule has 0 aromatic heterocycles. The molecule has 0 bridgehead atoms. The molecule has 0 spiro atoms. The van der Waals surface area contributed by atoms with Gasteiger partial charge in [-0.1, -0.05) is 42.3 Å². The molecule has 10 heteroatoms. The van der Waals surface area contributed by atoms with E-state index in [4.69, 9.17) is 23.2 Å². The quantitative estimate of drug-likeness (QED) is 0.261. The number of fused-ring (bicyclic) bond motifs is 1. The van der Waals surface area contributed by atoms with Crippen molar-refractivity contribution in [2.75, 3.05) is 0 Å². The van der Waals surface area contributed by atoms with Crippen LogP contribution in [0.2, 0.25) is 10.0 Å². The molecule has 1 heterocycles. The van der Waals surface area contributed by atoms with Crippen molar-refractivity contribution in [3.05, 3.63) is 68.4 Å². The van der Waals surface area contributed by atoms with Crippen LogP contribution in [-0.4, -0.2) is 17.8 Å². The lowest BCUT2D eigenvalue weighted by Crippen LogP contribution is -2.38. The molecule has 1 aliphatic carbocycles. The number of aryl methyl sites for hydroxylation is 1. The van der Waals surface area contributed by atoms with Crippen molar-refractivity contribution in [1.82, 2.24) is 5.32 Å². The SMILES string of the molecule is CCC(=O)NC1CCCc2cc(C3=NSC(c4cc(Cl)c(F)c(Cl)c4)(C(F)(F)F)C3)ccc21. The van der Waals surface area contributed by atoms with Gasteiger partial charge in [0.05, 0.1) is 21.8 Å². The molecule has 0 saturated heterocycles. The van der Waals surface area contributed by atoms with Crippen LogP contribution in [-0.2, 0) is 16.0 Å². The third kappa shape index (κ3) is 4.49. The fourth-order valence-corrected chi connectivity index (χ4v) is 5.74. The summed E-state index contributed by atoms with van der Waals surface area (Å²) in [4.78, 5) is 11.9. The van der Waals surface area contributed by atoms with Crippen molar-refractivity contribution in [1.29, 1.82) is 0 Å². The van der Waals surface area contributed by atoms with Gasteiger partial charge >= 0.3 is 6.18 Å². The molecule has 176 valence electrons. The van der Waals surface area contributed by atoms with Crippen LogP contribution in [0.15, 0.2) is 34.7 Å². The van der Waals surface area contributed by atoms with Crippen molar-refractivity contribution < 1.29 is 22.4 Å². The van der Waals surface area contributed by atoms with E-state index >= 15 is 0 Å². The molecule has 33 heavy (non-hydrogen) atoms. The van der Waals surface area contributed by atoms with Gasteiger partial charge in [-0.05, 0) is 71.7 Å². The fourth-order valence-electron chi connectivity index (χ4n) is 4.29. The highest BCUT2D eigenvalue weighted by Crippen LogP contribution is 2.57. The maximum atomic E-state index is 14.3. The number of carbonyl (C=O) groups excluding carboxylic acids is 1. The fraction of sp³-hybridized carbons (Fsp3) is 0.391. The Balaban J connectivity index is 1.66. The predicted octanol–water partition coefficient (Wildman–Crippen LogP) is 7.33. The van der Waals surface area contributed by atoms with Crippen LogP contribution in [0.5, 0.6) is 0 Å². The predicted molar refractivity (Wildman–Crippen MR) is 123 cm³/mol. The van der Waals surface area contributed by atoms with Crippen molar-refractivity contribution in [3.63, 3.8) is 0 Å². The van der Waals surface area contributed by atoms with Gasteiger partial charge < -0.3 is 5.32 Å². The zero-order chi connectivity index (χ0) is 24.0. The van der Waals surface area contributed by atoms with E-state index in [1.165, 1.54) is 0 Å². The third-order valence-electron chi connectivity index (χ3n) is 6.08. The Bertz CT molecular complexity index is 1110. The van der Waals surface area contributed by atoms with Crippen LogP contribution >= 0.6 is 35.1 Å². The van der Waals surface area contributed by atoms with E-state index in [1.54, 1.807) is 13.0 Å². The van der Waals surface area contributed by atoms with Gasteiger partial charge in [-0.25, -0.2) is 8.79 Å². The Kier molecular flexibility index (Phi) is 6.73. The normalized spacial score (nSPS) is 22.6. The second kappa shape index (κ2) is 9.12. The van der Waals surface area contributed by atoms with E-state index in [1.807, 2.05) is 12.1 Å². The molecular formula is C23H20Cl2F4N2OS. The van der Waals surface area contributed by atoms with Gasteiger partial charge in [0.25, 0.3) is 0 Å². The molecular weight excluding hydrogens is 499 g/mol. The van der Waals surface area contributed by atoms with E-state index in [-0.39, 0.29) is 23.2 Å². The van der Waals surface area contributed by atoms with Crippen LogP contribution in [0.25, 0.3) is 0 Å². The summed E-state index contributed by atoms with van der Waals surface area (Å²) in [5, 5.41) is 2.07. The van der Waals surface area contributed by atoms with Crippen molar-refractivity contribution in [3.8, 4) is 0 Å². The van der Waals surface area contributed by atoms with Crippen LogP contribution in [0.3, 0.4) is 0 Å². The van der Waals surface area contributed by atoms with Gasteiger partial charge in [0.2, 0.25) is 5.91 Å². The topological polar surface area (TPSA) is 41.5 Å². The van der Waals surface area contributed by atoms with Gasteiger partial charge in [-0.3, -0.25) is 4.79 Å². The Morgan fingerprint density at radius 3 is 2.58 bits per heavy atom. The molecule has 0 radical (unpaired) electrons. The van der Waals surface area contributed by atoms with Gasteiger partial charge in [0.15, 0.2) is 10.6 Å². The molecule has 2 aromatic carbocycles. The highest BCUT2D eigenvalue weighted by atomic mass is 35.5. The van der Waals surface area contributed by atoms with Crippen LogP contribution in [0, 0.1) is 5.82 Å². The average molecular weight is 519 g/mol. The van der Waals surface area contributed by atoms with Crippen molar-refractivity contribution in [2.45, 2.75) is 56.0 Å². The Hall–Kier alpha value is -1.77. The largest absolute Gasteiger partial charge is 0.409 e. The first-order chi connectivity index (χ1) is 15.6. The molecule has 1 amide bonds. The molecule has 2 aromatic rings. The number of rotatable bonds is 4. The lowest BCUT2D eigenvalue weighted by Gasteiger charge is -2.30. The van der Waals surface area contributed by atoms with Gasteiger partial charge in [-0.2, -0.15) is 13.2 Å². The maximum Gasteiger partial charge on any atom is 0.409 e. The smallest absolute Gasteiger partial charge is 0.349 e. The third-order valence-corrected chi connectivity index (χ3v) is 7.87. The minimum Gasteiger partial charge on any atom is -0.349 e. The Morgan fingerprint density at radius 1 is 1.24 bits per heavy atom. The zero-order valence-electron chi connectivity index (χ0n) is 17.5. The highest BCUT2D eigenvalue weighted by Gasteiger charge is 2.60. The number of hydrogen-bond donors (Lipinski definition) is 1. The van der Waals surface area contributed by atoms with E-state index in [9.17, 15) is 22.4 Å². The van der Waals surface area contributed by atoms with Crippen LogP contribution in [0.4, 0.5) is 17.6 Å². The molecule has 1 aliphatic heterocycles. The summed E-state index contributed by atoms with van der Waals surface area (Å²) in [7, 11) is 0. The van der Waals surface area contributed by atoms with Crippen molar-refractivity contribution >= 4 is 46.8 Å². The Morgan fingerprint density at radius 2 is 1.94 bits per heavy atom. The summed E-state index contributed by atoms with van der Waals surface area (Å²) < 4.78 is 58.6. The number of benzene rings is 2. The number of nitrogens with one attached hydrogen (secondary N) is 1. The lowest BCUT2D eigenvalue weighted by molar-refractivity contribution is -0.159. The summed E-state index contributed by atoms with van der Waals surface area (Å²) in [6.07, 6.45) is -2.28. The molecule has 3 nitrogen and oxygen atoms in total. The highest BCUT2D eigenvalue weighted by molar-refractivity contribution is 7.99. The first-order valence-electron chi connectivity index (χ1n) is 10.4. The first kappa shape index (κ1) is 24.4. The van der Waals surface area contributed by atoms with E-state index in [0.717, 1.165) is 42.5 Å². The van der Waals surface area contributed by atoms with Crippen molar-refractivity contribution in [2.24, 2.45) is 4.40 Å². The van der Waals surface area contributed by atoms with Crippen LogP contribution in [0.1, 0.15) is 60.9 Å². The summed E-state index contributed by atoms with van der Waals surface area (Å²) in [5.74, 6) is -0.997. The zero-order valence-corrected chi connectivity index (χ0v) is 19.9. The van der Waals surface area contributed by atoms with E-state index in [0.29, 0.717) is 23.9 Å². The summed E-state index contributed by atoms with van der Waals surface area (Å²) in [5.41, 5.74) is 2.61. The number of carbonyl (C=O) groups is 1. The second-order valence-corrected chi connectivity index (χ2v) is 10.0. The summed E-state index contributed by atoms with van der Waals surface area (Å²) in [6.45, 7) is 1.78. The molecule has 2 aliphatic rings. The molecule has 2 unspecified atom stereocenters. The van der Waals surface area contributed by atoms with Gasteiger partial charge in [0.1, 0.15) is 0 Å². The van der Waals surface area contributed by atoms with Gasteiger partial charge in [0, 0.05) is 12.8 Å². The molecule has 0 saturated carbocycles. The average Bonchev–Trinajstić information content (AvgIpc) is 3.24. The molecule has 2 atom stereocenters. The summed E-state index contributed by atoms with van der Waals surface area (Å²) in [6, 6.07) is 7.29. The monoisotopic (exact) mass is 518 g/mol. The first-order valence-corrected chi connectivity index (χ1v) is 12.0. The van der Waals surface area contributed by atoms with E-state index in [2.05, 4.69) is 9.71 Å². The minimum absolute atomic E-state index is 0.0416. The van der Waals surface area contributed by atoms with E-state index < -0.39 is 33.2 Å². The number of halogens is 6. The molecule has 0 fully saturated rings. The second-order valence-electron chi connectivity index (χ2n) is 8.16. The Labute approximate surface area is 203 Å².